The molecule has 2 aliphatic heterocycles. The Hall–Kier alpha value is -1.58. The molecule has 2 heterocycles. The fourth-order valence-corrected chi connectivity index (χ4v) is 7.44. The van der Waals surface area contributed by atoms with E-state index in [0.717, 1.165) is 49.8 Å². The number of rotatable bonds is 5. The number of sulfonamides is 1. The largest absolute Gasteiger partial charge is 0.352 e. The van der Waals surface area contributed by atoms with Gasteiger partial charge in [0.25, 0.3) is 0 Å². The number of carbonyl (C=O) groups excluding carboxylic acids is 2. The second kappa shape index (κ2) is 10.1. The van der Waals surface area contributed by atoms with Gasteiger partial charge in [0, 0.05) is 35.7 Å². The molecule has 9 heteroatoms. The summed E-state index contributed by atoms with van der Waals surface area (Å²) in [7, 11) is -3.63. The number of hydrogen-bond acceptors (Lipinski definition) is 5. The fraction of sp³-hybridized carbons (Fsp3) is 0.652. The van der Waals surface area contributed by atoms with Gasteiger partial charge in [-0.15, -0.1) is 11.8 Å². The first-order chi connectivity index (χ1) is 15.3. The molecule has 1 atom stereocenters. The van der Waals surface area contributed by atoms with Crippen LogP contribution in [0.2, 0.25) is 0 Å². The van der Waals surface area contributed by atoms with Gasteiger partial charge in [0.2, 0.25) is 21.8 Å². The Labute approximate surface area is 195 Å². The number of thioether (sulfide) groups is 1. The van der Waals surface area contributed by atoms with E-state index < -0.39 is 10.0 Å². The maximum atomic E-state index is 13.2. The van der Waals surface area contributed by atoms with Crippen molar-refractivity contribution in [2.75, 3.05) is 24.5 Å². The molecular formula is C23H33N3O4S2. The lowest BCUT2D eigenvalue weighted by atomic mass is 9.95. The molecule has 0 radical (unpaired) electrons. The minimum Gasteiger partial charge on any atom is -0.352 e. The summed E-state index contributed by atoms with van der Waals surface area (Å²) in [5.41, 5.74) is 0.529. The van der Waals surface area contributed by atoms with E-state index in [0.29, 0.717) is 25.2 Å². The topological polar surface area (TPSA) is 86.8 Å². The van der Waals surface area contributed by atoms with Gasteiger partial charge in [-0.1, -0.05) is 32.6 Å². The number of benzene rings is 1. The van der Waals surface area contributed by atoms with Crippen molar-refractivity contribution < 1.29 is 18.0 Å². The van der Waals surface area contributed by atoms with Crippen LogP contribution >= 0.6 is 11.8 Å². The van der Waals surface area contributed by atoms with Crippen LogP contribution in [0.3, 0.4) is 0 Å². The van der Waals surface area contributed by atoms with Crippen LogP contribution in [0.15, 0.2) is 28.0 Å². The minimum atomic E-state index is -3.63. The lowest BCUT2D eigenvalue weighted by Gasteiger charge is -2.28. The van der Waals surface area contributed by atoms with Gasteiger partial charge < -0.3 is 10.2 Å². The first-order valence-corrected chi connectivity index (χ1v) is 14.1. The zero-order valence-corrected chi connectivity index (χ0v) is 20.3. The third-order valence-electron chi connectivity index (χ3n) is 6.54. The average molecular weight is 480 g/mol. The molecule has 176 valence electrons. The maximum Gasteiger partial charge on any atom is 0.243 e. The summed E-state index contributed by atoms with van der Waals surface area (Å²) in [4.78, 5) is 28.4. The molecule has 1 saturated carbocycles. The standard InChI is InChI=1S/C23H33N3O4S2/c1-17-14-23(28)26(16-22(27)24-18-8-4-2-5-9-18)20-15-19(10-11-21(20)31-17)32(29,30)25-12-6-3-7-13-25/h10-11,15,17-18H,2-9,12-14,16H2,1H3,(H,24,27)/t17-/m1/s1. The number of piperidine rings is 1. The Bertz CT molecular complexity index is 954. The van der Waals surface area contributed by atoms with Crippen LogP contribution < -0.4 is 10.2 Å². The number of carbonyl (C=O) groups is 2. The molecule has 1 aromatic rings. The molecular weight excluding hydrogens is 446 g/mol. The minimum absolute atomic E-state index is 0.0530. The van der Waals surface area contributed by atoms with E-state index >= 15 is 0 Å². The summed E-state index contributed by atoms with van der Waals surface area (Å²) < 4.78 is 28.0. The molecule has 7 nitrogen and oxygen atoms in total. The van der Waals surface area contributed by atoms with Crippen LogP contribution in [-0.4, -0.2) is 55.5 Å². The van der Waals surface area contributed by atoms with Crippen molar-refractivity contribution in [3.8, 4) is 0 Å². The van der Waals surface area contributed by atoms with Crippen LogP contribution in [0.1, 0.15) is 64.7 Å². The molecule has 2 amide bonds. The summed E-state index contributed by atoms with van der Waals surface area (Å²) in [6.45, 7) is 2.95. The molecule has 4 rings (SSSR count). The summed E-state index contributed by atoms with van der Waals surface area (Å²) in [6.07, 6.45) is 8.46. The van der Waals surface area contributed by atoms with Crippen LogP contribution in [0.5, 0.6) is 0 Å². The Kier molecular flexibility index (Phi) is 7.47. The molecule has 1 saturated heterocycles. The lowest BCUT2D eigenvalue weighted by Crippen LogP contribution is -2.45. The van der Waals surface area contributed by atoms with Crippen LogP contribution in [-0.2, 0) is 19.6 Å². The van der Waals surface area contributed by atoms with Crippen LogP contribution in [0, 0.1) is 0 Å². The van der Waals surface area contributed by atoms with E-state index in [2.05, 4.69) is 5.32 Å². The quantitative estimate of drug-likeness (QED) is 0.698. The average Bonchev–Trinajstić information content (AvgIpc) is 2.90. The van der Waals surface area contributed by atoms with E-state index in [9.17, 15) is 18.0 Å². The van der Waals surface area contributed by atoms with E-state index in [1.165, 1.54) is 15.6 Å². The van der Waals surface area contributed by atoms with Crippen molar-refractivity contribution in [2.24, 2.45) is 0 Å². The number of hydrogen-bond donors (Lipinski definition) is 1. The van der Waals surface area contributed by atoms with E-state index in [-0.39, 0.29) is 34.5 Å². The SMILES string of the molecule is C[C@@H]1CC(=O)N(CC(=O)NC2CCCCC2)c2cc(S(=O)(=O)N3CCCCC3)ccc2S1. The van der Waals surface area contributed by atoms with Crippen molar-refractivity contribution in [2.45, 2.75) is 85.8 Å². The van der Waals surface area contributed by atoms with Crippen molar-refractivity contribution in [3.63, 3.8) is 0 Å². The second-order valence-electron chi connectivity index (χ2n) is 9.11. The van der Waals surface area contributed by atoms with E-state index in [1.54, 1.807) is 30.0 Å². The monoisotopic (exact) mass is 479 g/mol. The molecule has 1 aromatic carbocycles. The molecule has 1 aliphatic carbocycles. The predicted octanol–water partition coefficient (Wildman–Crippen LogP) is 3.53. The van der Waals surface area contributed by atoms with Gasteiger partial charge in [-0.2, -0.15) is 4.31 Å². The number of nitrogens with one attached hydrogen (secondary N) is 1. The Morgan fingerprint density at radius 2 is 1.78 bits per heavy atom. The zero-order chi connectivity index (χ0) is 22.7. The van der Waals surface area contributed by atoms with Crippen molar-refractivity contribution in [1.29, 1.82) is 0 Å². The molecule has 1 N–H and O–H groups in total. The van der Waals surface area contributed by atoms with Gasteiger partial charge in [-0.3, -0.25) is 9.59 Å². The summed E-state index contributed by atoms with van der Waals surface area (Å²) in [5, 5.41) is 3.13. The highest BCUT2D eigenvalue weighted by atomic mass is 32.2. The van der Waals surface area contributed by atoms with Gasteiger partial charge in [-0.05, 0) is 43.9 Å². The van der Waals surface area contributed by atoms with Crippen LogP contribution in [0.4, 0.5) is 5.69 Å². The molecule has 0 spiro atoms. The van der Waals surface area contributed by atoms with Gasteiger partial charge in [0.05, 0.1) is 10.6 Å². The lowest BCUT2D eigenvalue weighted by molar-refractivity contribution is -0.124. The van der Waals surface area contributed by atoms with Crippen molar-refractivity contribution in [1.82, 2.24) is 9.62 Å². The van der Waals surface area contributed by atoms with Crippen molar-refractivity contribution >= 4 is 39.3 Å². The predicted molar refractivity (Wildman–Crippen MR) is 126 cm³/mol. The van der Waals surface area contributed by atoms with Crippen LogP contribution in [0.25, 0.3) is 0 Å². The zero-order valence-electron chi connectivity index (χ0n) is 18.7. The third kappa shape index (κ3) is 5.31. The molecule has 0 bridgehead atoms. The molecule has 2 fully saturated rings. The highest BCUT2D eigenvalue weighted by Gasteiger charge is 2.32. The van der Waals surface area contributed by atoms with Gasteiger partial charge in [0.15, 0.2) is 0 Å². The number of anilines is 1. The Balaban J connectivity index is 1.60. The first kappa shape index (κ1) is 23.6. The normalized spacial score (nSPS) is 23.5. The molecule has 32 heavy (non-hydrogen) atoms. The first-order valence-electron chi connectivity index (χ1n) is 11.7. The van der Waals surface area contributed by atoms with E-state index in [4.69, 9.17) is 0 Å². The van der Waals surface area contributed by atoms with Crippen molar-refractivity contribution in [3.05, 3.63) is 18.2 Å². The van der Waals surface area contributed by atoms with Gasteiger partial charge in [0.1, 0.15) is 6.54 Å². The van der Waals surface area contributed by atoms with Gasteiger partial charge >= 0.3 is 0 Å². The fourth-order valence-electron chi connectivity index (χ4n) is 4.81. The highest BCUT2D eigenvalue weighted by Crippen LogP contribution is 2.39. The second-order valence-corrected chi connectivity index (χ2v) is 12.5. The smallest absolute Gasteiger partial charge is 0.243 e. The third-order valence-corrected chi connectivity index (χ3v) is 9.60. The summed E-state index contributed by atoms with van der Waals surface area (Å²) in [6, 6.07) is 5.18. The Morgan fingerprint density at radius 1 is 1.09 bits per heavy atom. The number of amides is 2. The number of fused-ring (bicyclic) bond motifs is 1. The Morgan fingerprint density at radius 3 is 2.50 bits per heavy atom. The summed E-state index contributed by atoms with van der Waals surface area (Å²) in [5.74, 6) is -0.324. The molecule has 0 aromatic heterocycles. The molecule has 3 aliphatic rings. The van der Waals surface area contributed by atoms with E-state index in [1.807, 2.05) is 6.92 Å². The molecule has 0 unspecified atom stereocenters. The highest BCUT2D eigenvalue weighted by molar-refractivity contribution is 8.00. The van der Waals surface area contributed by atoms with Gasteiger partial charge in [-0.25, -0.2) is 8.42 Å². The maximum absolute atomic E-state index is 13.2. The summed E-state index contributed by atoms with van der Waals surface area (Å²) >= 11 is 1.56. The number of nitrogens with zero attached hydrogens (tertiary/aromatic N) is 2.